The molecule has 2 N–H and O–H groups in total. The lowest BCUT2D eigenvalue weighted by molar-refractivity contribution is 0.328. The number of ether oxygens (including phenoxy) is 1. The number of piperidine rings is 1. The van der Waals surface area contributed by atoms with E-state index in [-0.39, 0.29) is 21.9 Å². The number of halogens is 1. The lowest BCUT2D eigenvalue weighted by Gasteiger charge is -2.30. The molecule has 0 bridgehead atoms. The first-order valence-corrected chi connectivity index (χ1v) is 8.37. The summed E-state index contributed by atoms with van der Waals surface area (Å²) >= 11 is 6.00. The monoisotopic (exact) mass is 318 g/mol. The molecule has 2 atom stereocenters. The topological polar surface area (TPSA) is 67.4 Å². The fourth-order valence-electron chi connectivity index (χ4n) is 2.27. The standard InChI is InChI=1S/C13H19ClN2O3S/c1-9-8-15-6-5-12(9)16-20(17,18)13-7-10(19-2)3-4-11(13)14/h3-4,7,9,12,15-16H,5-6,8H2,1-2H3. The maximum Gasteiger partial charge on any atom is 0.242 e. The molecule has 112 valence electrons. The van der Waals surface area contributed by atoms with E-state index in [1.165, 1.54) is 19.2 Å². The molecule has 7 heteroatoms. The summed E-state index contributed by atoms with van der Waals surface area (Å²) in [4.78, 5) is 0.0595. The minimum Gasteiger partial charge on any atom is -0.497 e. The van der Waals surface area contributed by atoms with Crippen molar-refractivity contribution in [3.05, 3.63) is 23.2 Å². The molecule has 0 aromatic heterocycles. The first-order valence-electron chi connectivity index (χ1n) is 6.50. The Morgan fingerprint density at radius 1 is 1.45 bits per heavy atom. The number of rotatable bonds is 4. The molecule has 0 amide bonds. The molecule has 1 fully saturated rings. The van der Waals surface area contributed by atoms with Crippen LogP contribution in [0.25, 0.3) is 0 Å². The van der Waals surface area contributed by atoms with Crippen molar-refractivity contribution in [2.45, 2.75) is 24.3 Å². The lowest BCUT2D eigenvalue weighted by Crippen LogP contribution is -2.48. The molecule has 1 aromatic carbocycles. The van der Waals surface area contributed by atoms with Gasteiger partial charge in [-0.2, -0.15) is 0 Å². The van der Waals surface area contributed by atoms with Gasteiger partial charge in [-0.25, -0.2) is 13.1 Å². The van der Waals surface area contributed by atoms with Gasteiger partial charge in [0.2, 0.25) is 10.0 Å². The largest absolute Gasteiger partial charge is 0.497 e. The van der Waals surface area contributed by atoms with Crippen molar-refractivity contribution in [3.63, 3.8) is 0 Å². The van der Waals surface area contributed by atoms with Gasteiger partial charge in [0, 0.05) is 12.1 Å². The average molecular weight is 319 g/mol. The van der Waals surface area contributed by atoms with E-state index >= 15 is 0 Å². The predicted octanol–water partition coefficient (Wildman–Crippen LogP) is 1.62. The second-order valence-corrected chi connectivity index (χ2v) is 7.08. The van der Waals surface area contributed by atoms with Crippen LogP contribution in [-0.4, -0.2) is 34.7 Å². The van der Waals surface area contributed by atoms with Crippen molar-refractivity contribution < 1.29 is 13.2 Å². The first-order chi connectivity index (χ1) is 9.44. The molecule has 1 saturated heterocycles. The van der Waals surface area contributed by atoms with Crippen molar-refractivity contribution in [2.75, 3.05) is 20.2 Å². The van der Waals surface area contributed by atoms with E-state index in [1.54, 1.807) is 6.07 Å². The second-order valence-electron chi connectivity index (χ2n) is 4.99. The zero-order valence-corrected chi connectivity index (χ0v) is 13.1. The van der Waals surface area contributed by atoms with Gasteiger partial charge in [0.1, 0.15) is 10.6 Å². The van der Waals surface area contributed by atoms with Gasteiger partial charge in [-0.3, -0.25) is 0 Å². The molecular weight excluding hydrogens is 300 g/mol. The highest BCUT2D eigenvalue weighted by Gasteiger charge is 2.28. The van der Waals surface area contributed by atoms with Crippen LogP contribution < -0.4 is 14.8 Å². The quantitative estimate of drug-likeness (QED) is 0.885. The Labute approximate surface area is 124 Å². The minimum atomic E-state index is -3.65. The van der Waals surface area contributed by atoms with Crippen molar-refractivity contribution in [1.82, 2.24) is 10.0 Å². The van der Waals surface area contributed by atoms with Gasteiger partial charge < -0.3 is 10.1 Å². The molecule has 1 heterocycles. The number of nitrogens with one attached hydrogen (secondary N) is 2. The van der Waals surface area contributed by atoms with E-state index in [4.69, 9.17) is 16.3 Å². The third-order valence-electron chi connectivity index (χ3n) is 3.52. The molecule has 2 unspecified atom stereocenters. The summed E-state index contributed by atoms with van der Waals surface area (Å²) in [7, 11) is -2.16. The van der Waals surface area contributed by atoms with Crippen molar-refractivity contribution in [1.29, 1.82) is 0 Å². The van der Waals surface area contributed by atoms with Crippen LogP contribution in [-0.2, 0) is 10.0 Å². The minimum absolute atomic E-state index is 0.0595. The summed E-state index contributed by atoms with van der Waals surface area (Å²) in [6.45, 7) is 3.63. The number of methoxy groups -OCH3 is 1. The summed E-state index contributed by atoms with van der Waals surface area (Å²) in [6, 6.07) is 4.52. The molecule has 0 spiro atoms. The molecule has 0 radical (unpaired) electrons. The van der Waals surface area contributed by atoms with E-state index in [0.29, 0.717) is 5.75 Å². The Bertz CT molecular complexity index is 577. The van der Waals surface area contributed by atoms with Crippen LogP contribution in [0.4, 0.5) is 0 Å². The van der Waals surface area contributed by atoms with Gasteiger partial charge in [0.05, 0.1) is 12.1 Å². The van der Waals surface area contributed by atoms with Crippen LogP contribution >= 0.6 is 11.6 Å². The fraction of sp³-hybridized carbons (Fsp3) is 0.538. The van der Waals surface area contributed by atoms with Crippen LogP contribution in [0.2, 0.25) is 5.02 Å². The summed E-state index contributed by atoms with van der Waals surface area (Å²) < 4.78 is 32.7. The molecule has 2 rings (SSSR count). The molecule has 1 aliphatic heterocycles. The van der Waals surface area contributed by atoms with E-state index < -0.39 is 10.0 Å². The highest BCUT2D eigenvalue weighted by atomic mass is 35.5. The normalized spacial score (nSPS) is 23.6. The summed E-state index contributed by atoms with van der Waals surface area (Å²) in [6.07, 6.45) is 0.766. The molecule has 0 saturated carbocycles. The molecule has 0 aliphatic carbocycles. The number of benzene rings is 1. The van der Waals surface area contributed by atoms with Crippen molar-refractivity contribution >= 4 is 21.6 Å². The zero-order valence-electron chi connectivity index (χ0n) is 11.5. The molecular formula is C13H19ClN2O3S. The van der Waals surface area contributed by atoms with Crippen molar-refractivity contribution in [3.8, 4) is 5.75 Å². The zero-order chi connectivity index (χ0) is 14.8. The Hall–Kier alpha value is -0.820. The van der Waals surface area contributed by atoms with Crippen LogP contribution in [0.1, 0.15) is 13.3 Å². The SMILES string of the molecule is COc1ccc(Cl)c(S(=O)(=O)NC2CCNCC2C)c1. The molecule has 5 nitrogen and oxygen atoms in total. The van der Waals surface area contributed by atoms with Crippen LogP contribution in [0.5, 0.6) is 5.75 Å². The fourth-order valence-corrected chi connectivity index (χ4v) is 4.16. The van der Waals surface area contributed by atoms with Crippen LogP contribution in [0, 0.1) is 5.92 Å². The Morgan fingerprint density at radius 3 is 2.85 bits per heavy atom. The average Bonchev–Trinajstić information content (AvgIpc) is 2.41. The summed E-state index contributed by atoms with van der Waals surface area (Å²) in [5.74, 6) is 0.705. The molecule has 20 heavy (non-hydrogen) atoms. The molecule has 1 aliphatic rings. The predicted molar refractivity (Wildman–Crippen MR) is 78.8 cm³/mol. The van der Waals surface area contributed by atoms with Gasteiger partial charge in [-0.1, -0.05) is 18.5 Å². The van der Waals surface area contributed by atoms with E-state index in [9.17, 15) is 8.42 Å². The highest BCUT2D eigenvalue weighted by molar-refractivity contribution is 7.89. The maximum atomic E-state index is 12.5. The van der Waals surface area contributed by atoms with Gasteiger partial charge in [0.25, 0.3) is 0 Å². The van der Waals surface area contributed by atoms with Gasteiger partial charge >= 0.3 is 0 Å². The third-order valence-corrected chi connectivity index (χ3v) is 5.49. The van der Waals surface area contributed by atoms with Gasteiger partial charge in [0.15, 0.2) is 0 Å². The third kappa shape index (κ3) is 3.44. The number of hydrogen-bond acceptors (Lipinski definition) is 4. The van der Waals surface area contributed by atoms with E-state index in [0.717, 1.165) is 19.5 Å². The van der Waals surface area contributed by atoms with Crippen molar-refractivity contribution in [2.24, 2.45) is 5.92 Å². The smallest absolute Gasteiger partial charge is 0.242 e. The first kappa shape index (κ1) is 15.6. The second kappa shape index (κ2) is 6.30. The summed E-state index contributed by atoms with van der Waals surface area (Å²) in [5, 5.41) is 3.43. The number of hydrogen-bond donors (Lipinski definition) is 2. The van der Waals surface area contributed by atoms with Crippen LogP contribution in [0.15, 0.2) is 23.1 Å². The Balaban J connectivity index is 2.25. The van der Waals surface area contributed by atoms with Gasteiger partial charge in [-0.15, -0.1) is 0 Å². The van der Waals surface area contributed by atoms with E-state index in [2.05, 4.69) is 10.0 Å². The molecule has 1 aromatic rings. The van der Waals surface area contributed by atoms with Crippen LogP contribution in [0.3, 0.4) is 0 Å². The Morgan fingerprint density at radius 2 is 2.20 bits per heavy atom. The van der Waals surface area contributed by atoms with E-state index in [1.807, 2.05) is 6.92 Å². The highest BCUT2D eigenvalue weighted by Crippen LogP contribution is 2.27. The maximum absolute atomic E-state index is 12.5. The summed E-state index contributed by atoms with van der Waals surface area (Å²) in [5.41, 5.74) is 0. The van der Waals surface area contributed by atoms with Gasteiger partial charge in [-0.05, 0) is 37.6 Å². The lowest BCUT2D eigenvalue weighted by atomic mass is 9.97. The Kier molecular flexibility index (Phi) is 4.90. The number of sulfonamides is 1.